The second kappa shape index (κ2) is 7.74. The molecule has 6 heteroatoms. The highest BCUT2D eigenvalue weighted by Crippen LogP contribution is 2.22. The summed E-state index contributed by atoms with van der Waals surface area (Å²) in [6, 6.07) is 14.5. The maximum Gasteiger partial charge on any atom is 0.247 e. The number of carbonyl (C=O) groups is 2. The smallest absolute Gasteiger partial charge is 0.247 e. The predicted molar refractivity (Wildman–Crippen MR) is 97.9 cm³/mol. The van der Waals surface area contributed by atoms with Crippen LogP contribution in [0.2, 0.25) is 0 Å². The highest BCUT2D eigenvalue weighted by atomic mass is 16.4. The number of Topliss-reactive ketones (excluding diaryl/α,β-unsaturated/α-hetero) is 1. The zero-order chi connectivity index (χ0) is 18.5. The summed E-state index contributed by atoms with van der Waals surface area (Å²) in [5.74, 6) is 0.712. The number of nitrogens with zero attached hydrogens (tertiary/aromatic N) is 2. The van der Waals surface area contributed by atoms with E-state index in [1.165, 1.54) is 6.92 Å². The number of amides is 1. The lowest BCUT2D eigenvalue weighted by molar-refractivity contribution is -0.116. The average Bonchev–Trinajstić information content (AvgIpc) is 3.09. The van der Waals surface area contributed by atoms with Crippen molar-refractivity contribution in [3.05, 3.63) is 65.5 Å². The lowest BCUT2D eigenvalue weighted by atomic mass is 10.1. The van der Waals surface area contributed by atoms with Gasteiger partial charge >= 0.3 is 0 Å². The molecular formula is C20H19N3O3. The Morgan fingerprint density at radius 2 is 1.77 bits per heavy atom. The fourth-order valence-corrected chi connectivity index (χ4v) is 2.51. The van der Waals surface area contributed by atoms with Crippen LogP contribution in [0, 0.1) is 6.92 Å². The molecule has 0 aliphatic carbocycles. The minimum atomic E-state index is -0.156. The molecule has 26 heavy (non-hydrogen) atoms. The summed E-state index contributed by atoms with van der Waals surface area (Å²) in [6.45, 7) is 3.48. The SMILES string of the molecule is CC(=O)c1ccc(NC(=O)CCc2nnc(-c3ccccc3C)o2)cc1. The first-order chi connectivity index (χ1) is 12.5. The lowest BCUT2D eigenvalue weighted by Crippen LogP contribution is -2.12. The van der Waals surface area contributed by atoms with Gasteiger partial charge in [-0.25, -0.2) is 0 Å². The van der Waals surface area contributed by atoms with Crippen LogP contribution in [0.3, 0.4) is 0 Å². The molecule has 1 aromatic heterocycles. The Bertz CT molecular complexity index is 929. The highest BCUT2D eigenvalue weighted by molar-refractivity contribution is 5.95. The lowest BCUT2D eigenvalue weighted by Gasteiger charge is -2.04. The van der Waals surface area contributed by atoms with E-state index < -0.39 is 0 Å². The van der Waals surface area contributed by atoms with E-state index in [0.29, 0.717) is 29.5 Å². The van der Waals surface area contributed by atoms with Crippen LogP contribution in [0.4, 0.5) is 5.69 Å². The fourth-order valence-electron chi connectivity index (χ4n) is 2.51. The molecule has 6 nitrogen and oxygen atoms in total. The standard InChI is InChI=1S/C20H19N3O3/c1-13-5-3-4-6-17(13)20-23-22-19(26-20)12-11-18(25)21-16-9-7-15(8-10-16)14(2)24/h3-10H,11-12H2,1-2H3,(H,21,25). The van der Waals surface area contributed by atoms with Gasteiger partial charge in [-0.3, -0.25) is 9.59 Å². The number of hydrogen-bond donors (Lipinski definition) is 1. The van der Waals surface area contributed by atoms with E-state index in [1.54, 1.807) is 24.3 Å². The van der Waals surface area contributed by atoms with E-state index in [4.69, 9.17) is 4.42 Å². The van der Waals surface area contributed by atoms with Gasteiger partial charge in [-0.2, -0.15) is 0 Å². The first kappa shape index (κ1) is 17.5. The Morgan fingerprint density at radius 1 is 1.04 bits per heavy atom. The van der Waals surface area contributed by atoms with Crippen molar-refractivity contribution in [3.63, 3.8) is 0 Å². The van der Waals surface area contributed by atoms with E-state index in [-0.39, 0.29) is 18.1 Å². The topological polar surface area (TPSA) is 85.1 Å². The maximum absolute atomic E-state index is 12.1. The van der Waals surface area contributed by atoms with E-state index in [1.807, 2.05) is 31.2 Å². The Kier molecular flexibility index (Phi) is 5.22. The Morgan fingerprint density at radius 3 is 2.46 bits per heavy atom. The highest BCUT2D eigenvalue weighted by Gasteiger charge is 2.12. The van der Waals surface area contributed by atoms with Gasteiger partial charge in [0.1, 0.15) is 0 Å². The van der Waals surface area contributed by atoms with E-state index in [2.05, 4.69) is 15.5 Å². The zero-order valence-electron chi connectivity index (χ0n) is 14.7. The molecule has 3 rings (SSSR count). The molecule has 0 aliphatic heterocycles. The number of benzene rings is 2. The van der Waals surface area contributed by atoms with E-state index >= 15 is 0 Å². The number of ketones is 1. The Hall–Kier alpha value is -3.28. The molecule has 1 heterocycles. The van der Waals surface area contributed by atoms with Gasteiger partial charge in [0, 0.05) is 29.7 Å². The molecule has 0 saturated carbocycles. The number of anilines is 1. The first-order valence-corrected chi connectivity index (χ1v) is 8.32. The van der Waals surface area contributed by atoms with Crippen LogP contribution in [0.25, 0.3) is 11.5 Å². The number of nitrogens with one attached hydrogen (secondary N) is 1. The van der Waals surface area contributed by atoms with Crippen LogP contribution < -0.4 is 5.32 Å². The van der Waals surface area contributed by atoms with Crippen molar-refractivity contribution >= 4 is 17.4 Å². The quantitative estimate of drug-likeness (QED) is 0.684. The van der Waals surface area contributed by atoms with Gasteiger partial charge in [0.05, 0.1) is 0 Å². The molecule has 0 bridgehead atoms. The van der Waals surface area contributed by atoms with Crippen molar-refractivity contribution in [2.45, 2.75) is 26.7 Å². The molecule has 132 valence electrons. The molecule has 0 unspecified atom stereocenters. The predicted octanol–water partition coefficient (Wildman–Crippen LogP) is 3.82. The third-order valence-electron chi connectivity index (χ3n) is 3.98. The van der Waals surface area contributed by atoms with Gasteiger partial charge in [0.15, 0.2) is 5.78 Å². The number of aromatic nitrogens is 2. The van der Waals surface area contributed by atoms with Gasteiger partial charge in [-0.15, -0.1) is 10.2 Å². The van der Waals surface area contributed by atoms with Crippen molar-refractivity contribution in [1.29, 1.82) is 0 Å². The molecular weight excluding hydrogens is 330 g/mol. The van der Waals surface area contributed by atoms with Gasteiger partial charge in [0.2, 0.25) is 17.7 Å². The molecule has 0 aliphatic rings. The van der Waals surface area contributed by atoms with Crippen LogP contribution in [0.15, 0.2) is 52.9 Å². The molecule has 3 aromatic rings. The number of carbonyl (C=O) groups excluding carboxylic acids is 2. The van der Waals surface area contributed by atoms with Crippen LogP contribution >= 0.6 is 0 Å². The summed E-state index contributed by atoms with van der Waals surface area (Å²) in [4.78, 5) is 23.3. The molecule has 0 saturated heterocycles. The van der Waals surface area contributed by atoms with Crippen molar-refractivity contribution in [3.8, 4) is 11.5 Å². The summed E-state index contributed by atoms with van der Waals surface area (Å²) in [6.07, 6.45) is 0.583. The fraction of sp³-hybridized carbons (Fsp3) is 0.200. The van der Waals surface area contributed by atoms with Gasteiger partial charge in [-0.1, -0.05) is 18.2 Å². The van der Waals surface area contributed by atoms with Crippen LogP contribution in [-0.4, -0.2) is 21.9 Å². The third-order valence-corrected chi connectivity index (χ3v) is 3.98. The summed E-state index contributed by atoms with van der Waals surface area (Å²) in [5, 5.41) is 10.9. The summed E-state index contributed by atoms with van der Waals surface area (Å²) in [5.41, 5.74) is 3.19. The second-order valence-electron chi connectivity index (χ2n) is 6.00. The number of rotatable bonds is 6. The van der Waals surface area contributed by atoms with Crippen LogP contribution in [0.5, 0.6) is 0 Å². The minimum Gasteiger partial charge on any atom is -0.421 e. The third kappa shape index (κ3) is 4.22. The first-order valence-electron chi connectivity index (χ1n) is 8.32. The molecule has 2 aromatic carbocycles. The van der Waals surface area contributed by atoms with Crippen molar-refractivity contribution in [2.24, 2.45) is 0 Å². The Labute approximate surface area is 151 Å². The summed E-state index contributed by atoms with van der Waals surface area (Å²) < 4.78 is 5.65. The zero-order valence-corrected chi connectivity index (χ0v) is 14.7. The van der Waals surface area contributed by atoms with Crippen LogP contribution in [-0.2, 0) is 11.2 Å². The summed E-state index contributed by atoms with van der Waals surface area (Å²) in [7, 11) is 0. The van der Waals surface area contributed by atoms with E-state index in [0.717, 1.165) is 11.1 Å². The average molecular weight is 349 g/mol. The number of aryl methyl sites for hydroxylation is 2. The van der Waals surface area contributed by atoms with Gasteiger partial charge < -0.3 is 9.73 Å². The largest absolute Gasteiger partial charge is 0.421 e. The van der Waals surface area contributed by atoms with Crippen molar-refractivity contribution in [1.82, 2.24) is 10.2 Å². The van der Waals surface area contributed by atoms with Gasteiger partial charge in [0.25, 0.3) is 0 Å². The molecule has 0 spiro atoms. The maximum atomic E-state index is 12.1. The second-order valence-corrected chi connectivity index (χ2v) is 6.00. The van der Waals surface area contributed by atoms with Crippen molar-refractivity contribution in [2.75, 3.05) is 5.32 Å². The van der Waals surface area contributed by atoms with E-state index in [9.17, 15) is 9.59 Å². The molecule has 1 amide bonds. The Balaban J connectivity index is 1.56. The van der Waals surface area contributed by atoms with Gasteiger partial charge in [-0.05, 0) is 49.7 Å². The molecule has 0 fully saturated rings. The minimum absolute atomic E-state index is 0.0104. The normalized spacial score (nSPS) is 10.5. The monoisotopic (exact) mass is 349 g/mol. The molecule has 1 N–H and O–H groups in total. The molecule has 0 atom stereocenters. The van der Waals surface area contributed by atoms with Crippen LogP contribution in [0.1, 0.15) is 35.2 Å². The number of hydrogen-bond acceptors (Lipinski definition) is 5. The summed E-state index contributed by atoms with van der Waals surface area (Å²) >= 11 is 0. The van der Waals surface area contributed by atoms with Crippen molar-refractivity contribution < 1.29 is 14.0 Å². The molecule has 0 radical (unpaired) electrons.